The average molecular weight is 327 g/mol. The predicted octanol–water partition coefficient (Wildman–Crippen LogP) is 4.41. The number of carbonyl (C=O) groups excluding carboxylic acids is 1. The van der Waals surface area contributed by atoms with Gasteiger partial charge < -0.3 is 14.8 Å². The lowest BCUT2D eigenvalue weighted by molar-refractivity contribution is 0.102. The van der Waals surface area contributed by atoms with Crippen molar-refractivity contribution in [3.63, 3.8) is 0 Å². The second-order valence-electron chi connectivity index (χ2n) is 5.92. The second-order valence-corrected chi connectivity index (χ2v) is 5.92. The molecule has 2 aromatic carbocycles. The zero-order chi connectivity index (χ0) is 17.7. The van der Waals surface area contributed by atoms with Crippen molar-refractivity contribution in [3.05, 3.63) is 58.1 Å². The van der Waals surface area contributed by atoms with Crippen molar-refractivity contribution in [1.29, 1.82) is 0 Å². The lowest BCUT2D eigenvalue weighted by atomic mass is 10.0. The molecule has 4 heteroatoms. The highest BCUT2D eigenvalue weighted by Gasteiger charge is 2.13. The maximum absolute atomic E-state index is 12.6. The number of hydrogen-bond acceptors (Lipinski definition) is 3. The molecule has 0 heterocycles. The quantitative estimate of drug-likeness (QED) is 0.855. The van der Waals surface area contributed by atoms with Crippen molar-refractivity contribution in [2.45, 2.75) is 34.3 Å². The van der Waals surface area contributed by atoms with Crippen molar-refractivity contribution in [1.82, 2.24) is 0 Å². The summed E-state index contributed by atoms with van der Waals surface area (Å²) in [5.74, 6) is 0.615. The van der Waals surface area contributed by atoms with Crippen LogP contribution in [0.3, 0.4) is 0 Å². The van der Waals surface area contributed by atoms with Crippen LogP contribution in [0.1, 0.15) is 39.5 Å². The highest BCUT2D eigenvalue weighted by molar-refractivity contribution is 6.05. The summed E-state index contributed by atoms with van der Waals surface area (Å²) in [6.45, 7) is 8.96. The predicted molar refractivity (Wildman–Crippen MR) is 96.9 cm³/mol. The molecule has 0 aliphatic carbocycles. The number of carbonyl (C=O) groups is 1. The van der Waals surface area contributed by atoms with Gasteiger partial charge in [0.05, 0.1) is 13.2 Å². The molecule has 24 heavy (non-hydrogen) atoms. The number of aryl methyl sites for hydroxylation is 3. The number of benzene rings is 2. The Labute approximate surface area is 143 Å². The largest absolute Gasteiger partial charge is 0.494 e. The molecule has 0 saturated carbocycles. The fourth-order valence-electron chi connectivity index (χ4n) is 2.85. The van der Waals surface area contributed by atoms with Gasteiger partial charge in [0.15, 0.2) is 0 Å². The van der Waals surface area contributed by atoms with E-state index in [-0.39, 0.29) is 5.91 Å². The zero-order valence-electron chi connectivity index (χ0n) is 15.0. The Morgan fingerprint density at radius 1 is 1.08 bits per heavy atom. The molecule has 0 radical (unpaired) electrons. The third-order valence-corrected chi connectivity index (χ3v) is 3.84. The van der Waals surface area contributed by atoms with Crippen LogP contribution in [0.5, 0.6) is 5.75 Å². The van der Waals surface area contributed by atoms with Crippen LogP contribution < -0.4 is 10.1 Å². The minimum absolute atomic E-state index is 0.134. The van der Waals surface area contributed by atoms with E-state index in [0.717, 1.165) is 28.1 Å². The number of ether oxygens (including phenoxy) is 2. The van der Waals surface area contributed by atoms with Gasteiger partial charge in [0.2, 0.25) is 0 Å². The summed E-state index contributed by atoms with van der Waals surface area (Å²) in [7, 11) is 1.63. The molecule has 0 aliphatic heterocycles. The highest BCUT2D eigenvalue weighted by atomic mass is 16.5. The van der Waals surface area contributed by atoms with Gasteiger partial charge in [-0.3, -0.25) is 4.79 Å². The van der Waals surface area contributed by atoms with Crippen LogP contribution in [0.2, 0.25) is 0 Å². The maximum atomic E-state index is 12.6. The third kappa shape index (κ3) is 4.15. The van der Waals surface area contributed by atoms with Crippen LogP contribution >= 0.6 is 0 Å². The molecule has 1 N–H and O–H groups in total. The van der Waals surface area contributed by atoms with Gasteiger partial charge in [0.1, 0.15) is 5.75 Å². The molecular weight excluding hydrogens is 302 g/mol. The molecule has 128 valence electrons. The molecule has 0 bridgehead atoms. The van der Waals surface area contributed by atoms with E-state index in [1.165, 1.54) is 5.56 Å². The normalized spacial score (nSPS) is 10.5. The molecular formula is C20H25NO3. The topological polar surface area (TPSA) is 47.6 Å². The van der Waals surface area contributed by atoms with E-state index in [1.807, 2.05) is 32.9 Å². The molecule has 2 rings (SSSR count). The van der Waals surface area contributed by atoms with Crippen molar-refractivity contribution in [2.75, 3.05) is 19.0 Å². The van der Waals surface area contributed by atoms with Crippen LogP contribution in [0.25, 0.3) is 0 Å². The SMILES string of the molecule is CCOc1ccc(C(=O)Nc2c(C)cc(C)cc2C)cc1COC. The van der Waals surface area contributed by atoms with Crippen LogP contribution in [-0.4, -0.2) is 19.6 Å². The Kier molecular flexibility index (Phi) is 5.99. The summed E-state index contributed by atoms with van der Waals surface area (Å²) >= 11 is 0. The van der Waals surface area contributed by atoms with Gasteiger partial charge in [0, 0.05) is 23.9 Å². The molecule has 0 fully saturated rings. The molecule has 0 aromatic heterocycles. The van der Waals surface area contributed by atoms with Gasteiger partial charge in [-0.05, 0) is 57.0 Å². The van der Waals surface area contributed by atoms with Crippen molar-refractivity contribution in [3.8, 4) is 5.75 Å². The molecule has 0 saturated heterocycles. The average Bonchev–Trinajstić information content (AvgIpc) is 2.52. The number of nitrogens with one attached hydrogen (secondary N) is 1. The van der Waals surface area contributed by atoms with Crippen LogP contribution in [0.4, 0.5) is 5.69 Å². The highest BCUT2D eigenvalue weighted by Crippen LogP contribution is 2.25. The molecule has 4 nitrogen and oxygen atoms in total. The van der Waals surface area contributed by atoms with Crippen molar-refractivity contribution >= 4 is 11.6 Å². The smallest absolute Gasteiger partial charge is 0.255 e. The molecule has 1 amide bonds. The van der Waals surface area contributed by atoms with Gasteiger partial charge in [0.25, 0.3) is 5.91 Å². The first-order valence-electron chi connectivity index (χ1n) is 8.10. The van der Waals surface area contributed by atoms with E-state index >= 15 is 0 Å². The third-order valence-electron chi connectivity index (χ3n) is 3.84. The first-order chi connectivity index (χ1) is 11.5. The van der Waals surface area contributed by atoms with E-state index in [1.54, 1.807) is 13.2 Å². The Hall–Kier alpha value is -2.33. The second kappa shape index (κ2) is 7.97. The monoisotopic (exact) mass is 327 g/mol. The van der Waals surface area contributed by atoms with E-state index in [0.29, 0.717) is 18.8 Å². The molecule has 0 unspecified atom stereocenters. The summed E-state index contributed by atoms with van der Waals surface area (Å²) in [5.41, 5.74) is 5.63. The minimum atomic E-state index is -0.134. The molecule has 0 atom stereocenters. The fraction of sp³-hybridized carbons (Fsp3) is 0.350. The van der Waals surface area contributed by atoms with E-state index < -0.39 is 0 Å². The Bertz CT molecular complexity index is 715. The summed E-state index contributed by atoms with van der Waals surface area (Å²) in [6.07, 6.45) is 0. The van der Waals surface area contributed by atoms with Gasteiger partial charge in [-0.2, -0.15) is 0 Å². The first kappa shape index (κ1) is 18.0. The van der Waals surface area contributed by atoms with Gasteiger partial charge in [-0.25, -0.2) is 0 Å². The number of methoxy groups -OCH3 is 1. The standard InChI is InChI=1S/C20H25NO3/c1-6-24-18-8-7-16(11-17(18)12-23-5)20(22)21-19-14(3)9-13(2)10-15(19)4/h7-11H,6,12H2,1-5H3,(H,21,22). The molecule has 0 aliphatic rings. The van der Waals surface area contributed by atoms with Gasteiger partial charge >= 0.3 is 0 Å². The number of hydrogen-bond donors (Lipinski definition) is 1. The van der Waals surface area contributed by atoms with Crippen LogP contribution in [0, 0.1) is 20.8 Å². The van der Waals surface area contributed by atoms with E-state index in [2.05, 4.69) is 24.4 Å². The van der Waals surface area contributed by atoms with Crippen molar-refractivity contribution < 1.29 is 14.3 Å². The van der Waals surface area contributed by atoms with Gasteiger partial charge in [-0.1, -0.05) is 17.7 Å². The summed E-state index contributed by atoms with van der Waals surface area (Å²) < 4.78 is 10.8. The lowest BCUT2D eigenvalue weighted by Crippen LogP contribution is -2.14. The summed E-state index contributed by atoms with van der Waals surface area (Å²) in [5, 5.41) is 3.02. The van der Waals surface area contributed by atoms with Gasteiger partial charge in [-0.15, -0.1) is 0 Å². The first-order valence-corrected chi connectivity index (χ1v) is 8.10. The summed E-state index contributed by atoms with van der Waals surface area (Å²) in [6, 6.07) is 9.55. The molecule has 0 spiro atoms. The maximum Gasteiger partial charge on any atom is 0.255 e. The number of anilines is 1. The zero-order valence-corrected chi connectivity index (χ0v) is 15.0. The van der Waals surface area contributed by atoms with Crippen molar-refractivity contribution in [2.24, 2.45) is 0 Å². The van der Waals surface area contributed by atoms with Crippen LogP contribution in [0.15, 0.2) is 30.3 Å². The minimum Gasteiger partial charge on any atom is -0.494 e. The number of amides is 1. The Morgan fingerprint density at radius 3 is 2.33 bits per heavy atom. The lowest BCUT2D eigenvalue weighted by Gasteiger charge is -2.14. The van der Waals surface area contributed by atoms with E-state index in [9.17, 15) is 4.79 Å². The molecule has 2 aromatic rings. The summed E-state index contributed by atoms with van der Waals surface area (Å²) in [4.78, 5) is 12.6. The Balaban J connectivity index is 2.28. The number of rotatable bonds is 6. The Morgan fingerprint density at radius 2 is 1.75 bits per heavy atom. The van der Waals surface area contributed by atoms with E-state index in [4.69, 9.17) is 9.47 Å². The van der Waals surface area contributed by atoms with Crippen LogP contribution in [-0.2, 0) is 11.3 Å². The fourth-order valence-corrected chi connectivity index (χ4v) is 2.85.